The number of aromatic nitrogens is 2. The van der Waals surface area contributed by atoms with Crippen molar-refractivity contribution in [3.8, 4) is 0 Å². The van der Waals surface area contributed by atoms with Gasteiger partial charge >= 0.3 is 6.03 Å². The molecule has 1 saturated heterocycles. The minimum Gasteiger partial charge on any atom is -0.339 e. The van der Waals surface area contributed by atoms with E-state index < -0.39 is 0 Å². The molecule has 0 bridgehead atoms. The highest BCUT2D eigenvalue weighted by Gasteiger charge is 2.22. The minimum atomic E-state index is -0.220. The zero-order valence-corrected chi connectivity index (χ0v) is 14.4. The van der Waals surface area contributed by atoms with Gasteiger partial charge in [-0.15, -0.1) is 0 Å². The maximum absolute atomic E-state index is 12.2. The van der Waals surface area contributed by atoms with E-state index >= 15 is 0 Å². The van der Waals surface area contributed by atoms with Gasteiger partial charge in [-0.25, -0.2) is 14.8 Å². The second kappa shape index (κ2) is 9.05. The average molecular weight is 334 g/mol. The van der Waals surface area contributed by atoms with Crippen LogP contribution < -0.4 is 15.5 Å². The van der Waals surface area contributed by atoms with Crippen molar-refractivity contribution in [3.05, 3.63) is 18.5 Å². The smallest absolute Gasteiger partial charge is 0.314 e. The number of hydrogen-bond donors (Lipinski definition) is 2. The van der Waals surface area contributed by atoms with Crippen LogP contribution >= 0.6 is 0 Å². The van der Waals surface area contributed by atoms with Crippen molar-refractivity contribution in [2.24, 2.45) is 5.92 Å². The number of rotatable bonds is 6. The molecular weight excluding hydrogens is 308 g/mol. The standard InChI is InChI=1S/C16H26N6O2/c1-13(2)12-20-16(24)19-7-4-14(23)21-8-10-22(11-9-21)15-17-5-3-6-18-15/h3,5-6,13H,4,7-12H2,1-2H3,(H2,19,20,24). The van der Waals surface area contributed by atoms with E-state index in [2.05, 4.69) is 25.5 Å². The zero-order chi connectivity index (χ0) is 17.4. The van der Waals surface area contributed by atoms with E-state index in [9.17, 15) is 9.59 Å². The summed E-state index contributed by atoms with van der Waals surface area (Å²) in [6.07, 6.45) is 3.75. The van der Waals surface area contributed by atoms with Gasteiger partial charge in [-0.3, -0.25) is 4.79 Å². The summed E-state index contributed by atoms with van der Waals surface area (Å²) in [6, 6.07) is 1.57. The number of nitrogens with zero attached hydrogens (tertiary/aromatic N) is 4. The third kappa shape index (κ3) is 5.68. The molecule has 2 heterocycles. The van der Waals surface area contributed by atoms with Crippen LogP contribution in [0.15, 0.2) is 18.5 Å². The van der Waals surface area contributed by atoms with Crippen molar-refractivity contribution >= 4 is 17.9 Å². The molecule has 2 rings (SSSR count). The van der Waals surface area contributed by atoms with Crippen molar-refractivity contribution in [3.63, 3.8) is 0 Å². The van der Waals surface area contributed by atoms with Crippen LogP contribution in [0.3, 0.4) is 0 Å². The molecule has 132 valence electrons. The van der Waals surface area contributed by atoms with E-state index in [-0.39, 0.29) is 11.9 Å². The maximum Gasteiger partial charge on any atom is 0.314 e. The second-order valence-corrected chi connectivity index (χ2v) is 6.20. The van der Waals surface area contributed by atoms with Gasteiger partial charge < -0.3 is 20.4 Å². The van der Waals surface area contributed by atoms with Gasteiger partial charge in [0.05, 0.1) is 0 Å². The van der Waals surface area contributed by atoms with Crippen LogP contribution in [-0.4, -0.2) is 66.1 Å². The van der Waals surface area contributed by atoms with E-state index in [1.54, 1.807) is 18.5 Å². The van der Waals surface area contributed by atoms with Gasteiger partial charge in [-0.1, -0.05) is 13.8 Å². The van der Waals surface area contributed by atoms with Gasteiger partial charge in [0, 0.05) is 58.1 Å². The Hall–Kier alpha value is -2.38. The first kappa shape index (κ1) is 18.0. The molecule has 8 heteroatoms. The molecule has 1 aromatic rings. The predicted octanol–water partition coefficient (Wildman–Crippen LogP) is 0.471. The molecule has 24 heavy (non-hydrogen) atoms. The molecule has 2 N–H and O–H groups in total. The van der Waals surface area contributed by atoms with E-state index in [1.807, 2.05) is 18.7 Å². The summed E-state index contributed by atoms with van der Waals surface area (Å²) in [7, 11) is 0. The first-order chi connectivity index (χ1) is 11.6. The zero-order valence-electron chi connectivity index (χ0n) is 14.4. The molecule has 0 atom stereocenters. The third-order valence-corrected chi connectivity index (χ3v) is 3.76. The fraction of sp³-hybridized carbons (Fsp3) is 0.625. The van der Waals surface area contributed by atoms with Gasteiger partial charge in [0.2, 0.25) is 11.9 Å². The van der Waals surface area contributed by atoms with E-state index in [0.717, 1.165) is 13.1 Å². The number of carbonyl (C=O) groups is 2. The highest BCUT2D eigenvalue weighted by Crippen LogP contribution is 2.10. The maximum atomic E-state index is 12.2. The Morgan fingerprint density at radius 1 is 1.12 bits per heavy atom. The van der Waals surface area contributed by atoms with E-state index in [4.69, 9.17) is 0 Å². The lowest BCUT2D eigenvalue weighted by Gasteiger charge is -2.34. The third-order valence-electron chi connectivity index (χ3n) is 3.76. The van der Waals surface area contributed by atoms with Crippen molar-refractivity contribution in [1.82, 2.24) is 25.5 Å². The SMILES string of the molecule is CC(C)CNC(=O)NCCC(=O)N1CCN(c2ncccn2)CC1. The number of anilines is 1. The summed E-state index contributed by atoms with van der Waals surface area (Å²) in [5.74, 6) is 1.17. The topological polar surface area (TPSA) is 90.5 Å². The first-order valence-electron chi connectivity index (χ1n) is 8.37. The van der Waals surface area contributed by atoms with E-state index in [1.165, 1.54) is 0 Å². The monoisotopic (exact) mass is 334 g/mol. The summed E-state index contributed by atoms with van der Waals surface area (Å²) >= 11 is 0. The molecule has 0 aliphatic carbocycles. The molecule has 0 radical (unpaired) electrons. The molecule has 1 aromatic heterocycles. The summed E-state index contributed by atoms with van der Waals surface area (Å²) in [4.78, 5) is 36.1. The molecule has 1 aliphatic heterocycles. The Balaban J connectivity index is 1.65. The Kier molecular flexibility index (Phi) is 6.77. The van der Waals surface area contributed by atoms with Gasteiger partial charge in [-0.2, -0.15) is 0 Å². The summed E-state index contributed by atoms with van der Waals surface area (Å²) in [5, 5.41) is 5.48. The van der Waals surface area contributed by atoms with Crippen LogP contribution in [0.2, 0.25) is 0 Å². The quantitative estimate of drug-likeness (QED) is 0.789. The fourth-order valence-corrected chi connectivity index (χ4v) is 2.41. The van der Waals surface area contributed by atoms with Gasteiger partial charge in [-0.05, 0) is 12.0 Å². The van der Waals surface area contributed by atoms with Gasteiger partial charge in [0.15, 0.2) is 0 Å². The molecular formula is C16H26N6O2. The summed E-state index contributed by atoms with van der Waals surface area (Å²) < 4.78 is 0. The lowest BCUT2D eigenvalue weighted by molar-refractivity contribution is -0.131. The Morgan fingerprint density at radius 2 is 1.79 bits per heavy atom. The highest BCUT2D eigenvalue weighted by atomic mass is 16.2. The van der Waals surface area contributed by atoms with Crippen molar-refractivity contribution < 1.29 is 9.59 Å². The number of amides is 3. The number of piperazine rings is 1. The Labute approximate surface area is 142 Å². The lowest BCUT2D eigenvalue weighted by Crippen LogP contribution is -2.50. The normalized spacial score (nSPS) is 14.6. The number of carbonyl (C=O) groups excluding carboxylic acids is 2. The molecule has 3 amide bonds. The molecule has 1 fully saturated rings. The predicted molar refractivity (Wildman–Crippen MR) is 91.7 cm³/mol. The lowest BCUT2D eigenvalue weighted by atomic mass is 10.2. The molecule has 8 nitrogen and oxygen atoms in total. The average Bonchev–Trinajstić information content (AvgIpc) is 2.61. The van der Waals surface area contributed by atoms with Crippen LogP contribution in [0.1, 0.15) is 20.3 Å². The number of urea groups is 1. The largest absolute Gasteiger partial charge is 0.339 e. The van der Waals surface area contributed by atoms with Crippen molar-refractivity contribution in [2.75, 3.05) is 44.2 Å². The minimum absolute atomic E-state index is 0.0628. The van der Waals surface area contributed by atoms with Crippen LogP contribution in [0.4, 0.5) is 10.7 Å². The van der Waals surface area contributed by atoms with Crippen molar-refractivity contribution in [1.29, 1.82) is 0 Å². The Bertz CT molecular complexity index is 529. The Morgan fingerprint density at radius 3 is 2.42 bits per heavy atom. The van der Waals surface area contributed by atoms with Gasteiger partial charge in [0.25, 0.3) is 0 Å². The summed E-state index contributed by atoms with van der Waals surface area (Å²) in [6.45, 7) is 7.78. The highest BCUT2D eigenvalue weighted by molar-refractivity contribution is 5.78. The van der Waals surface area contributed by atoms with Crippen molar-refractivity contribution in [2.45, 2.75) is 20.3 Å². The molecule has 0 saturated carbocycles. The van der Waals surface area contributed by atoms with Gasteiger partial charge in [0.1, 0.15) is 0 Å². The molecule has 0 unspecified atom stereocenters. The van der Waals surface area contributed by atoms with Crippen LogP contribution in [0.5, 0.6) is 0 Å². The van der Waals surface area contributed by atoms with Crippen LogP contribution in [0.25, 0.3) is 0 Å². The fourth-order valence-electron chi connectivity index (χ4n) is 2.41. The van der Waals surface area contributed by atoms with E-state index in [0.29, 0.717) is 44.5 Å². The first-order valence-corrected chi connectivity index (χ1v) is 8.37. The molecule has 0 aromatic carbocycles. The van der Waals surface area contributed by atoms with Crippen LogP contribution in [0, 0.1) is 5.92 Å². The molecule has 1 aliphatic rings. The van der Waals surface area contributed by atoms with Crippen LogP contribution in [-0.2, 0) is 4.79 Å². The second-order valence-electron chi connectivity index (χ2n) is 6.20. The molecule has 0 spiro atoms. The number of nitrogens with one attached hydrogen (secondary N) is 2. The summed E-state index contributed by atoms with van der Waals surface area (Å²) in [5.41, 5.74) is 0. The number of hydrogen-bond acceptors (Lipinski definition) is 5.